The summed E-state index contributed by atoms with van der Waals surface area (Å²) >= 11 is 2.57. The quantitative estimate of drug-likeness (QED) is 0.865. The summed E-state index contributed by atoms with van der Waals surface area (Å²) in [5, 5.41) is 21.5. The van der Waals surface area contributed by atoms with Gasteiger partial charge in [-0.15, -0.1) is 10.2 Å². The first-order chi connectivity index (χ1) is 10.4. The van der Waals surface area contributed by atoms with Crippen molar-refractivity contribution >= 4 is 34.1 Å². The van der Waals surface area contributed by atoms with E-state index in [1.807, 2.05) is 27.7 Å². The number of amides is 1. The minimum absolute atomic E-state index is 0.169. The van der Waals surface area contributed by atoms with Crippen LogP contribution in [-0.2, 0) is 4.79 Å². The highest BCUT2D eigenvalue weighted by Gasteiger charge is 2.14. The lowest BCUT2D eigenvalue weighted by atomic mass is 10.1. The number of rotatable bonds is 4. The second-order valence-electron chi connectivity index (χ2n) is 4.70. The van der Waals surface area contributed by atoms with E-state index in [-0.39, 0.29) is 11.7 Å². The van der Waals surface area contributed by atoms with E-state index in [0.717, 1.165) is 21.8 Å². The molecule has 2 rings (SSSR count). The molecule has 6 nitrogen and oxygen atoms in total. The molecule has 1 N–H and O–H groups in total. The third-order valence-electron chi connectivity index (χ3n) is 3.19. The fourth-order valence-electron chi connectivity index (χ4n) is 1.78. The number of anilines is 1. The van der Waals surface area contributed by atoms with Crippen LogP contribution < -0.4 is 5.32 Å². The molecule has 22 heavy (non-hydrogen) atoms. The summed E-state index contributed by atoms with van der Waals surface area (Å²) in [6, 6.07) is 2.17. The number of hydrogen-bond acceptors (Lipinski definition) is 7. The maximum atomic E-state index is 11.9. The highest BCUT2D eigenvalue weighted by molar-refractivity contribution is 8.00. The van der Waals surface area contributed by atoms with E-state index in [1.165, 1.54) is 23.1 Å². The van der Waals surface area contributed by atoms with Crippen LogP contribution in [0.1, 0.15) is 27.4 Å². The largest absolute Gasteiger partial charge is 0.300 e. The molecular formula is C14H15N5OS2. The molecule has 0 aliphatic carbocycles. The summed E-state index contributed by atoms with van der Waals surface area (Å²) in [7, 11) is 0. The van der Waals surface area contributed by atoms with Crippen LogP contribution >= 0.6 is 23.1 Å². The number of pyridine rings is 1. The van der Waals surface area contributed by atoms with Gasteiger partial charge < -0.3 is 0 Å². The molecule has 0 aliphatic heterocycles. The van der Waals surface area contributed by atoms with Gasteiger partial charge in [0, 0.05) is 5.69 Å². The fraction of sp³-hybridized carbons (Fsp3) is 0.357. The smallest absolute Gasteiger partial charge is 0.236 e. The molecule has 0 saturated carbocycles. The van der Waals surface area contributed by atoms with Crippen molar-refractivity contribution in [2.45, 2.75) is 32.7 Å². The van der Waals surface area contributed by atoms with Crippen LogP contribution in [0.5, 0.6) is 0 Å². The number of aromatic nitrogens is 3. The SMILES string of the molecule is Cc1nnc(NC(=O)CSc2nc(C)c(C)c(C)c2C#N)s1. The number of nitrogens with zero attached hydrogens (tertiary/aromatic N) is 4. The van der Waals surface area contributed by atoms with Gasteiger partial charge in [0.05, 0.1) is 11.3 Å². The van der Waals surface area contributed by atoms with Gasteiger partial charge in [-0.25, -0.2) is 4.98 Å². The van der Waals surface area contributed by atoms with Crippen LogP contribution in [0.4, 0.5) is 5.13 Å². The zero-order valence-electron chi connectivity index (χ0n) is 12.7. The van der Waals surface area contributed by atoms with Gasteiger partial charge >= 0.3 is 0 Å². The lowest BCUT2D eigenvalue weighted by molar-refractivity contribution is -0.113. The van der Waals surface area contributed by atoms with E-state index in [9.17, 15) is 10.1 Å². The second kappa shape index (κ2) is 6.85. The molecule has 2 aromatic rings. The van der Waals surface area contributed by atoms with E-state index in [1.54, 1.807) is 0 Å². The topological polar surface area (TPSA) is 91.6 Å². The maximum absolute atomic E-state index is 11.9. The van der Waals surface area contributed by atoms with Crippen molar-refractivity contribution in [3.05, 3.63) is 27.4 Å². The van der Waals surface area contributed by atoms with E-state index in [2.05, 4.69) is 26.6 Å². The average Bonchev–Trinajstić information content (AvgIpc) is 2.88. The summed E-state index contributed by atoms with van der Waals surface area (Å²) in [5.74, 6) is -0.0230. The molecule has 2 aromatic heterocycles. The molecule has 114 valence electrons. The van der Waals surface area contributed by atoms with Gasteiger partial charge in [-0.1, -0.05) is 23.1 Å². The Morgan fingerprint density at radius 3 is 2.59 bits per heavy atom. The van der Waals surface area contributed by atoms with E-state index in [0.29, 0.717) is 15.7 Å². The number of hydrogen-bond donors (Lipinski definition) is 1. The monoisotopic (exact) mass is 333 g/mol. The number of nitriles is 1. The van der Waals surface area contributed by atoms with Gasteiger partial charge in [0.2, 0.25) is 11.0 Å². The summed E-state index contributed by atoms with van der Waals surface area (Å²) in [6.45, 7) is 7.56. The Hall–Kier alpha value is -1.98. The Bertz CT molecular complexity index is 763. The zero-order chi connectivity index (χ0) is 16.3. The molecule has 2 heterocycles. The lowest BCUT2D eigenvalue weighted by Gasteiger charge is -2.10. The first kappa shape index (κ1) is 16.4. The summed E-state index contributed by atoms with van der Waals surface area (Å²) in [4.78, 5) is 16.4. The molecule has 0 atom stereocenters. The summed E-state index contributed by atoms with van der Waals surface area (Å²) < 4.78 is 0. The Labute approximate surface area is 137 Å². The highest BCUT2D eigenvalue weighted by atomic mass is 32.2. The van der Waals surface area contributed by atoms with Crippen LogP contribution in [0.25, 0.3) is 0 Å². The van der Waals surface area contributed by atoms with Gasteiger partial charge in [0.25, 0.3) is 0 Å². The number of carbonyl (C=O) groups excluding carboxylic acids is 1. The Morgan fingerprint density at radius 2 is 2.00 bits per heavy atom. The molecule has 0 bridgehead atoms. The maximum Gasteiger partial charge on any atom is 0.236 e. The van der Waals surface area contributed by atoms with E-state index in [4.69, 9.17) is 0 Å². The minimum atomic E-state index is -0.192. The first-order valence-corrected chi connectivity index (χ1v) is 8.33. The van der Waals surface area contributed by atoms with Gasteiger partial charge in [0.15, 0.2) is 0 Å². The van der Waals surface area contributed by atoms with Crippen molar-refractivity contribution in [3.8, 4) is 6.07 Å². The molecule has 0 aromatic carbocycles. The Morgan fingerprint density at radius 1 is 1.27 bits per heavy atom. The predicted molar refractivity (Wildman–Crippen MR) is 87.2 cm³/mol. The lowest BCUT2D eigenvalue weighted by Crippen LogP contribution is -2.14. The van der Waals surface area contributed by atoms with Gasteiger partial charge in [0.1, 0.15) is 16.1 Å². The second-order valence-corrected chi connectivity index (χ2v) is 6.85. The summed E-state index contributed by atoms with van der Waals surface area (Å²) in [6.07, 6.45) is 0. The highest BCUT2D eigenvalue weighted by Crippen LogP contribution is 2.26. The standard InChI is InChI=1S/C14H15N5OS2/c1-7-8(2)11(5-15)13(16-9(7)3)21-6-12(20)17-14-19-18-10(4)22-14/h6H2,1-4H3,(H,17,19,20). The zero-order valence-corrected chi connectivity index (χ0v) is 14.4. The average molecular weight is 333 g/mol. The fourth-order valence-corrected chi connectivity index (χ4v) is 3.28. The van der Waals surface area contributed by atoms with Crippen molar-refractivity contribution in [3.63, 3.8) is 0 Å². The molecular weight excluding hydrogens is 318 g/mol. The number of aryl methyl sites for hydroxylation is 2. The van der Waals surface area contributed by atoms with Gasteiger partial charge in [-0.3, -0.25) is 10.1 Å². The molecule has 0 radical (unpaired) electrons. The number of carbonyl (C=O) groups is 1. The van der Waals surface area contributed by atoms with Crippen molar-refractivity contribution in [2.24, 2.45) is 0 Å². The molecule has 0 aliphatic rings. The van der Waals surface area contributed by atoms with Gasteiger partial charge in [-0.2, -0.15) is 5.26 Å². The van der Waals surface area contributed by atoms with Crippen LogP contribution in [0.2, 0.25) is 0 Å². The minimum Gasteiger partial charge on any atom is -0.300 e. The summed E-state index contributed by atoms with van der Waals surface area (Å²) in [5.41, 5.74) is 3.33. The van der Waals surface area contributed by atoms with Crippen LogP contribution in [0.3, 0.4) is 0 Å². The van der Waals surface area contributed by atoms with Crippen LogP contribution in [0.15, 0.2) is 5.03 Å². The van der Waals surface area contributed by atoms with Crippen LogP contribution in [0, 0.1) is 39.0 Å². The van der Waals surface area contributed by atoms with E-state index < -0.39 is 0 Å². The molecule has 0 unspecified atom stereocenters. The first-order valence-electron chi connectivity index (χ1n) is 6.53. The third-order valence-corrected chi connectivity index (χ3v) is 4.92. The predicted octanol–water partition coefficient (Wildman–Crippen LogP) is 2.77. The third kappa shape index (κ3) is 3.61. The molecule has 0 fully saturated rings. The molecule has 8 heteroatoms. The van der Waals surface area contributed by atoms with Gasteiger partial charge in [-0.05, 0) is 38.8 Å². The molecule has 0 saturated heterocycles. The van der Waals surface area contributed by atoms with Crippen molar-refractivity contribution in [1.29, 1.82) is 5.26 Å². The molecule has 0 spiro atoms. The Kier molecular flexibility index (Phi) is 5.11. The van der Waals surface area contributed by atoms with E-state index >= 15 is 0 Å². The number of thioether (sulfide) groups is 1. The Balaban J connectivity index is 2.08. The van der Waals surface area contributed by atoms with Crippen molar-refractivity contribution < 1.29 is 4.79 Å². The normalized spacial score (nSPS) is 10.3. The van der Waals surface area contributed by atoms with Crippen molar-refractivity contribution in [1.82, 2.24) is 15.2 Å². The van der Waals surface area contributed by atoms with Crippen LogP contribution in [-0.4, -0.2) is 26.8 Å². The molecule has 1 amide bonds. The number of nitrogens with one attached hydrogen (secondary N) is 1. The van der Waals surface area contributed by atoms with Crippen molar-refractivity contribution in [2.75, 3.05) is 11.1 Å².